The first kappa shape index (κ1) is 7.88. The Bertz CT molecular complexity index is 162. The summed E-state index contributed by atoms with van der Waals surface area (Å²) < 4.78 is 5.21. The van der Waals surface area contributed by atoms with Crippen molar-refractivity contribution in [2.45, 2.75) is 31.4 Å². The molecule has 0 spiro atoms. The minimum atomic E-state index is -0.660. The van der Waals surface area contributed by atoms with Crippen LogP contribution in [0.3, 0.4) is 0 Å². The van der Waals surface area contributed by atoms with E-state index in [0.29, 0.717) is 6.42 Å². The Balaban J connectivity index is 2.70. The Labute approximate surface area is 65.5 Å². The Kier molecular flexibility index (Phi) is 1.92. The molecule has 0 aromatic carbocycles. The molecule has 4 heteroatoms. The van der Waals surface area contributed by atoms with Gasteiger partial charge in [-0.2, -0.15) is 0 Å². The molecule has 2 atom stereocenters. The zero-order chi connectivity index (χ0) is 7.78. The lowest BCUT2D eigenvalue weighted by Crippen LogP contribution is -2.34. The van der Waals surface area contributed by atoms with Gasteiger partial charge >= 0.3 is 0 Å². The van der Waals surface area contributed by atoms with Crippen LogP contribution in [0.2, 0.25) is 0 Å². The Morgan fingerprint density at radius 1 is 1.90 bits per heavy atom. The van der Waals surface area contributed by atoms with Gasteiger partial charge in [-0.05, 0) is 13.3 Å². The lowest BCUT2D eigenvalue weighted by Gasteiger charge is -2.16. The molecule has 1 heterocycles. The number of ether oxygens (including phenoxy) is 1. The second-order valence-electron chi connectivity index (χ2n) is 2.53. The SMILES string of the molecule is CCC1(C)OC(S)NC1=O. The number of hydrogen-bond donors (Lipinski definition) is 2. The van der Waals surface area contributed by atoms with Crippen molar-refractivity contribution in [2.24, 2.45) is 0 Å². The number of thiol groups is 1. The fraction of sp³-hybridized carbons (Fsp3) is 0.833. The molecule has 1 saturated heterocycles. The van der Waals surface area contributed by atoms with E-state index in [2.05, 4.69) is 17.9 Å². The van der Waals surface area contributed by atoms with Gasteiger partial charge in [-0.3, -0.25) is 4.79 Å². The molecular weight excluding hydrogens is 150 g/mol. The van der Waals surface area contributed by atoms with Crippen molar-refractivity contribution in [1.29, 1.82) is 0 Å². The van der Waals surface area contributed by atoms with Gasteiger partial charge in [-0.15, -0.1) is 12.6 Å². The Morgan fingerprint density at radius 2 is 2.50 bits per heavy atom. The number of carbonyl (C=O) groups is 1. The van der Waals surface area contributed by atoms with E-state index in [1.807, 2.05) is 6.92 Å². The first-order chi connectivity index (χ1) is 4.58. The van der Waals surface area contributed by atoms with E-state index >= 15 is 0 Å². The summed E-state index contributed by atoms with van der Waals surface area (Å²) in [5, 5.41) is 2.56. The maximum Gasteiger partial charge on any atom is 0.254 e. The molecule has 1 aliphatic heterocycles. The highest BCUT2D eigenvalue weighted by molar-refractivity contribution is 7.80. The minimum absolute atomic E-state index is 0.0741. The monoisotopic (exact) mass is 161 g/mol. The van der Waals surface area contributed by atoms with E-state index in [4.69, 9.17) is 4.74 Å². The summed E-state index contributed by atoms with van der Waals surface area (Å²) in [5.74, 6) is -0.0741. The van der Waals surface area contributed by atoms with E-state index < -0.39 is 11.2 Å². The molecule has 1 fully saturated rings. The van der Waals surface area contributed by atoms with Crippen LogP contribution in [0.15, 0.2) is 0 Å². The molecule has 0 aromatic rings. The summed E-state index contributed by atoms with van der Waals surface area (Å²) in [4.78, 5) is 11.1. The van der Waals surface area contributed by atoms with Gasteiger partial charge in [0.15, 0.2) is 5.56 Å². The molecule has 0 bridgehead atoms. The van der Waals surface area contributed by atoms with E-state index in [1.54, 1.807) is 6.92 Å². The highest BCUT2D eigenvalue weighted by atomic mass is 32.1. The van der Waals surface area contributed by atoms with Crippen LogP contribution in [0.5, 0.6) is 0 Å². The number of rotatable bonds is 1. The molecule has 2 unspecified atom stereocenters. The van der Waals surface area contributed by atoms with Crippen LogP contribution in [0.1, 0.15) is 20.3 Å². The maximum absolute atomic E-state index is 11.1. The molecular formula is C6H11NO2S. The largest absolute Gasteiger partial charge is 0.333 e. The molecule has 0 saturated carbocycles. The molecule has 3 nitrogen and oxygen atoms in total. The predicted molar refractivity (Wildman–Crippen MR) is 40.7 cm³/mol. The Hall–Kier alpha value is -0.220. The average Bonchev–Trinajstić information content (AvgIpc) is 2.09. The van der Waals surface area contributed by atoms with Gasteiger partial charge in [0, 0.05) is 0 Å². The highest BCUT2D eigenvalue weighted by Crippen LogP contribution is 2.23. The fourth-order valence-corrected chi connectivity index (χ4v) is 1.19. The van der Waals surface area contributed by atoms with Crippen molar-refractivity contribution in [3.63, 3.8) is 0 Å². The molecule has 1 aliphatic rings. The van der Waals surface area contributed by atoms with Crippen LogP contribution >= 0.6 is 12.6 Å². The molecule has 1 amide bonds. The normalized spacial score (nSPS) is 39.9. The zero-order valence-electron chi connectivity index (χ0n) is 6.05. The number of nitrogens with one attached hydrogen (secondary N) is 1. The van der Waals surface area contributed by atoms with Crippen molar-refractivity contribution in [1.82, 2.24) is 5.32 Å². The van der Waals surface area contributed by atoms with Gasteiger partial charge in [-0.25, -0.2) is 0 Å². The van der Waals surface area contributed by atoms with E-state index in [1.165, 1.54) is 0 Å². The summed E-state index contributed by atoms with van der Waals surface area (Å²) in [6.45, 7) is 3.67. The van der Waals surface area contributed by atoms with E-state index in [-0.39, 0.29) is 5.91 Å². The van der Waals surface area contributed by atoms with Crippen LogP contribution in [0, 0.1) is 0 Å². The second kappa shape index (κ2) is 2.43. The van der Waals surface area contributed by atoms with Gasteiger partial charge in [0.05, 0.1) is 0 Å². The smallest absolute Gasteiger partial charge is 0.254 e. The molecule has 10 heavy (non-hydrogen) atoms. The Morgan fingerprint density at radius 3 is 2.70 bits per heavy atom. The maximum atomic E-state index is 11.1. The summed E-state index contributed by atoms with van der Waals surface area (Å²) in [7, 11) is 0. The van der Waals surface area contributed by atoms with E-state index in [0.717, 1.165) is 0 Å². The fourth-order valence-electron chi connectivity index (χ4n) is 0.838. The molecule has 0 radical (unpaired) electrons. The second-order valence-corrected chi connectivity index (χ2v) is 3.00. The van der Waals surface area contributed by atoms with Crippen LogP contribution < -0.4 is 5.32 Å². The summed E-state index contributed by atoms with van der Waals surface area (Å²) in [6.07, 6.45) is 0.676. The van der Waals surface area contributed by atoms with Gasteiger partial charge in [-0.1, -0.05) is 6.92 Å². The standard InChI is InChI=1S/C6H11NO2S/c1-3-6(2)4(8)7-5(10)9-6/h5,10H,3H2,1-2H3,(H,7,8). The zero-order valence-corrected chi connectivity index (χ0v) is 6.94. The van der Waals surface area contributed by atoms with Gasteiger partial charge < -0.3 is 10.1 Å². The first-order valence-corrected chi connectivity index (χ1v) is 3.77. The van der Waals surface area contributed by atoms with Gasteiger partial charge in [0.2, 0.25) is 0 Å². The van der Waals surface area contributed by atoms with Gasteiger partial charge in [0.1, 0.15) is 5.60 Å². The van der Waals surface area contributed by atoms with Crippen LogP contribution in [0.25, 0.3) is 0 Å². The third-order valence-corrected chi connectivity index (χ3v) is 2.02. The summed E-state index contributed by atoms with van der Waals surface area (Å²) in [5.41, 5.74) is -1.09. The van der Waals surface area contributed by atoms with Crippen molar-refractivity contribution < 1.29 is 9.53 Å². The quantitative estimate of drug-likeness (QED) is 0.550. The third-order valence-electron chi connectivity index (χ3n) is 1.78. The summed E-state index contributed by atoms with van der Waals surface area (Å²) in [6, 6.07) is 0. The van der Waals surface area contributed by atoms with Crippen molar-refractivity contribution >= 4 is 18.5 Å². The molecule has 0 aromatic heterocycles. The first-order valence-electron chi connectivity index (χ1n) is 3.25. The van der Waals surface area contributed by atoms with Crippen molar-refractivity contribution in [3.05, 3.63) is 0 Å². The minimum Gasteiger partial charge on any atom is -0.333 e. The molecule has 58 valence electrons. The molecule has 0 aliphatic carbocycles. The molecule has 1 rings (SSSR count). The van der Waals surface area contributed by atoms with Crippen LogP contribution in [-0.2, 0) is 9.53 Å². The number of carbonyl (C=O) groups excluding carboxylic acids is 1. The highest BCUT2D eigenvalue weighted by Gasteiger charge is 2.41. The van der Waals surface area contributed by atoms with Crippen LogP contribution in [0.4, 0.5) is 0 Å². The topological polar surface area (TPSA) is 38.3 Å². The van der Waals surface area contributed by atoms with Crippen LogP contribution in [-0.4, -0.2) is 17.1 Å². The number of amides is 1. The summed E-state index contributed by atoms with van der Waals surface area (Å²) >= 11 is 3.96. The number of hydrogen-bond acceptors (Lipinski definition) is 3. The molecule has 1 N–H and O–H groups in total. The van der Waals surface area contributed by atoms with E-state index in [9.17, 15) is 4.79 Å². The lowest BCUT2D eigenvalue weighted by atomic mass is 10.0. The van der Waals surface area contributed by atoms with Crippen molar-refractivity contribution in [2.75, 3.05) is 0 Å². The van der Waals surface area contributed by atoms with Crippen molar-refractivity contribution in [3.8, 4) is 0 Å². The third kappa shape index (κ3) is 1.13. The predicted octanol–water partition coefficient (Wildman–Crippen LogP) is 0.515. The average molecular weight is 161 g/mol. The van der Waals surface area contributed by atoms with Gasteiger partial charge in [0.25, 0.3) is 5.91 Å². The lowest BCUT2D eigenvalue weighted by molar-refractivity contribution is -0.131.